The Labute approximate surface area is 188 Å². The molecule has 2 aromatic carbocycles. The molecule has 2 atom stereocenters. The van der Waals surface area contributed by atoms with Gasteiger partial charge in [0.2, 0.25) is 11.2 Å². The molecule has 0 aliphatic carbocycles. The Kier molecular flexibility index (Phi) is 6.23. The number of benzene rings is 2. The quantitative estimate of drug-likeness (QED) is 0.556. The number of halogens is 4. The van der Waals surface area contributed by atoms with E-state index in [0.717, 1.165) is 32.2 Å². The summed E-state index contributed by atoms with van der Waals surface area (Å²) in [5.74, 6) is -1.54. The lowest BCUT2D eigenvalue weighted by molar-refractivity contribution is -0.944. The summed E-state index contributed by atoms with van der Waals surface area (Å²) < 4.78 is 47.4. The predicted molar refractivity (Wildman–Crippen MR) is 117 cm³/mol. The minimum absolute atomic E-state index is 0.0141. The maximum atomic E-state index is 14.0. The van der Waals surface area contributed by atoms with E-state index in [1.54, 1.807) is 0 Å². The number of aromatic hydroxyl groups is 1. The fourth-order valence-corrected chi connectivity index (χ4v) is 4.78. The largest absolute Gasteiger partial charge is 0.507 e. The SMILES string of the molecule is CC[C@H]1CCCC[NH+]1Cc1c(O)ccc2c(=O)c(-c3ccc(Cl)cc3)c(C(F)(F)F)oc12. The number of phenolic OH excluding ortho intramolecular Hbond substituents is 1. The average Bonchev–Trinajstić information content (AvgIpc) is 2.76. The van der Waals surface area contributed by atoms with Crippen molar-refractivity contribution >= 4 is 22.6 Å². The number of likely N-dealkylation sites (tertiary alicyclic amines) is 1. The second-order valence-corrected chi connectivity index (χ2v) is 8.70. The van der Waals surface area contributed by atoms with Crippen LogP contribution in [0.25, 0.3) is 22.1 Å². The topological polar surface area (TPSA) is 54.9 Å². The Morgan fingerprint density at radius 1 is 1.16 bits per heavy atom. The van der Waals surface area contributed by atoms with Crippen molar-refractivity contribution in [3.8, 4) is 16.9 Å². The molecule has 4 nitrogen and oxygen atoms in total. The van der Waals surface area contributed by atoms with Crippen LogP contribution in [0.4, 0.5) is 13.2 Å². The van der Waals surface area contributed by atoms with Gasteiger partial charge in [0.05, 0.1) is 29.1 Å². The molecule has 4 rings (SSSR count). The fraction of sp³-hybridized carbons (Fsp3) is 0.375. The normalized spacial score (nSPS) is 19.4. The summed E-state index contributed by atoms with van der Waals surface area (Å²) in [5.41, 5.74) is -1.24. The summed E-state index contributed by atoms with van der Waals surface area (Å²) in [6, 6.07) is 8.60. The van der Waals surface area contributed by atoms with Crippen LogP contribution >= 0.6 is 11.6 Å². The number of hydrogen-bond donors (Lipinski definition) is 2. The van der Waals surface area contributed by atoms with Gasteiger partial charge < -0.3 is 14.4 Å². The molecule has 0 amide bonds. The molecule has 1 aliphatic rings. The van der Waals surface area contributed by atoms with E-state index in [1.165, 1.54) is 41.3 Å². The molecule has 1 fully saturated rings. The van der Waals surface area contributed by atoms with E-state index in [9.17, 15) is 23.1 Å². The minimum atomic E-state index is -4.89. The molecular weight excluding hydrogens is 443 g/mol. The zero-order valence-corrected chi connectivity index (χ0v) is 18.3. The van der Waals surface area contributed by atoms with Gasteiger partial charge in [-0.15, -0.1) is 0 Å². The van der Waals surface area contributed by atoms with Gasteiger partial charge in [-0.3, -0.25) is 4.79 Å². The number of fused-ring (bicyclic) bond motifs is 1. The number of nitrogens with one attached hydrogen (secondary N) is 1. The lowest BCUT2D eigenvalue weighted by Crippen LogP contribution is -3.15. The van der Waals surface area contributed by atoms with E-state index in [0.29, 0.717) is 17.6 Å². The van der Waals surface area contributed by atoms with E-state index in [2.05, 4.69) is 6.92 Å². The molecule has 1 saturated heterocycles. The van der Waals surface area contributed by atoms with E-state index < -0.39 is 22.9 Å². The van der Waals surface area contributed by atoms with Crippen molar-refractivity contribution in [2.45, 2.75) is 51.4 Å². The van der Waals surface area contributed by atoms with Crippen LogP contribution in [-0.4, -0.2) is 17.7 Å². The van der Waals surface area contributed by atoms with Gasteiger partial charge in [-0.2, -0.15) is 13.2 Å². The molecule has 1 unspecified atom stereocenters. The summed E-state index contributed by atoms with van der Waals surface area (Å²) in [7, 11) is 0. The van der Waals surface area contributed by atoms with Gasteiger partial charge in [0, 0.05) is 5.02 Å². The zero-order valence-electron chi connectivity index (χ0n) is 17.6. The molecule has 0 spiro atoms. The lowest BCUT2D eigenvalue weighted by atomic mass is 9.97. The number of rotatable bonds is 4. The predicted octanol–water partition coefficient (Wildman–Crippen LogP) is 5.19. The molecule has 32 heavy (non-hydrogen) atoms. The molecule has 1 aromatic heterocycles. The first kappa shape index (κ1) is 22.7. The van der Waals surface area contributed by atoms with Crippen LogP contribution < -0.4 is 10.3 Å². The molecule has 1 aliphatic heterocycles. The second-order valence-electron chi connectivity index (χ2n) is 8.27. The van der Waals surface area contributed by atoms with E-state index in [-0.39, 0.29) is 27.8 Å². The highest BCUT2D eigenvalue weighted by atomic mass is 35.5. The molecule has 0 radical (unpaired) electrons. The molecule has 3 aromatic rings. The van der Waals surface area contributed by atoms with Gasteiger partial charge in [0.15, 0.2) is 5.58 Å². The summed E-state index contributed by atoms with van der Waals surface area (Å²) in [4.78, 5) is 14.5. The maximum Gasteiger partial charge on any atom is 0.450 e. The third kappa shape index (κ3) is 4.24. The van der Waals surface area contributed by atoms with Crippen molar-refractivity contribution in [1.29, 1.82) is 0 Å². The molecule has 0 bridgehead atoms. The van der Waals surface area contributed by atoms with Crippen LogP contribution in [0.5, 0.6) is 5.75 Å². The van der Waals surface area contributed by atoms with Crippen molar-refractivity contribution in [3.63, 3.8) is 0 Å². The Morgan fingerprint density at radius 2 is 1.88 bits per heavy atom. The molecular formula is C24H24ClF3NO3+. The smallest absolute Gasteiger partial charge is 0.450 e. The average molecular weight is 467 g/mol. The van der Waals surface area contributed by atoms with Crippen LogP contribution in [0.2, 0.25) is 5.02 Å². The Morgan fingerprint density at radius 3 is 2.53 bits per heavy atom. The standard InChI is InChI=1S/C24H23ClF3NO3/c1-2-16-5-3-4-12-29(16)13-18-19(30)11-10-17-21(31)20(14-6-8-15(25)9-7-14)23(24(26,27)28)32-22(17)18/h6-11,16,30H,2-5,12-13H2,1H3/p+1/t16-/m0/s1. The second kappa shape index (κ2) is 8.79. The third-order valence-electron chi connectivity index (χ3n) is 6.30. The van der Waals surface area contributed by atoms with Crippen LogP contribution in [0.1, 0.15) is 43.9 Å². The number of quaternary nitrogens is 1. The van der Waals surface area contributed by atoms with Crippen molar-refractivity contribution in [2.24, 2.45) is 0 Å². The number of hydrogen-bond acceptors (Lipinski definition) is 3. The van der Waals surface area contributed by atoms with E-state index >= 15 is 0 Å². The Bertz CT molecular complexity index is 1190. The highest BCUT2D eigenvalue weighted by Crippen LogP contribution is 2.39. The first-order valence-electron chi connectivity index (χ1n) is 10.7. The number of piperidine rings is 1. The van der Waals surface area contributed by atoms with Crippen molar-refractivity contribution < 1.29 is 27.6 Å². The van der Waals surface area contributed by atoms with Crippen LogP contribution in [0.3, 0.4) is 0 Å². The van der Waals surface area contributed by atoms with Crippen molar-refractivity contribution in [3.05, 3.63) is 63.0 Å². The van der Waals surface area contributed by atoms with Gasteiger partial charge in [-0.1, -0.05) is 30.7 Å². The van der Waals surface area contributed by atoms with Gasteiger partial charge >= 0.3 is 6.18 Å². The summed E-state index contributed by atoms with van der Waals surface area (Å²) >= 11 is 5.86. The van der Waals surface area contributed by atoms with E-state index in [4.69, 9.17) is 16.0 Å². The first-order valence-corrected chi connectivity index (χ1v) is 11.1. The first-order chi connectivity index (χ1) is 15.2. The molecule has 2 N–H and O–H groups in total. The molecule has 170 valence electrons. The monoisotopic (exact) mass is 466 g/mol. The van der Waals surface area contributed by atoms with Crippen LogP contribution in [-0.2, 0) is 12.7 Å². The molecule has 2 heterocycles. The van der Waals surface area contributed by atoms with Gasteiger partial charge in [0.25, 0.3) is 0 Å². The highest BCUT2D eigenvalue weighted by Gasteiger charge is 2.40. The van der Waals surface area contributed by atoms with Gasteiger partial charge in [-0.25, -0.2) is 0 Å². The maximum absolute atomic E-state index is 14.0. The van der Waals surface area contributed by atoms with Gasteiger partial charge in [0.1, 0.15) is 12.3 Å². The Balaban J connectivity index is 1.94. The zero-order chi connectivity index (χ0) is 23.0. The minimum Gasteiger partial charge on any atom is -0.507 e. The lowest BCUT2D eigenvalue weighted by Gasteiger charge is -2.32. The van der Waals surface area contributed by atoms with Gasteiger partial charge in [-0.05, 0) is 55.5 Å². The molecule has 8 heteroatoms. The fourth-order valence-electron chi connectivity index (χ4n) is 4.66. The van der Waals surface area contributed by atoms with Crippen LogP contribution in [0.15, 0.2) is 45.6 Å². The third-order valence-corrected chi connectivity index (χ3v) is 6.56. The Hall–Kier alpha value is -2.51. The summed E-state index contributed by atoms with van der Waals surface area (Å²) in [6.45, 7) is 3.23. The van der Waals surface area contributed by atoms with Crippen molar-refractivity contribution in [2.75, 3.05) is 6.54 Å². The highest BCUT2D eigenvalue weighted by molar-refractivity contribution is 6.30. The van der Waals surface area contributed by atoms with Crippen LogP contribution in [0, 0.1) is 0 Å². The number of alkyl halides is 3. The summed E-state index contributed by atoms with van der Waals surface area (Å²) in [5, 5.41) is 10.9. The summed E-state index contributed by atoms with van der Waals surface area (Å²) in [6.07, 6.45) is -0.818. The van der Waals surface area contributed by atoms with Crippen molar-refractivity contribution in [1.82, 2.24) is 0 Å². The molecule has 0 saturated carbocycles. The van der Waals surface area contributed by atoms with E-state index in [1.807, 2.05) is 0 Å². The number of phenols is 1.